The van der Waals surface area contributed by atoms with Crippen LogP contribution in [0, 0.1) is 0 Å². The number of carbonyl (C=O) groups is 2. The summed E-state index contributed by atoms with van der Waals surface area (Å²) in [6, 6.07) is 5.06. The van der Waals surface area contributed by atoms with Crippen molar-refractivity contribution in [2.75, 3.05) is 6.54 Å². The first-order valence-electron chi connectivity index (χ1n) is 6.39. The molecule has 1 aromatic carbocycles. The van der Waals surface area contributed by atoms with Crippen LogP contribution in [0.4, 0.5) is 4.79 Å². The first-order chi connectivity index (χ1) is 9.43. The summed E-state index contributed by atoms with van der Waals surface area (Å²) in [5.74, 6) is 0.289. The van der Waals surface area contributed by atoms with Crippen LogP contribution in [0.15, 0.2) is 18.2 Å². The maximum absolute atomic E-state index is 11.6. The summed E-state index contributed by atoms with van der Waals surface area (Å²) in [4.78, 5) is 22.4. The summed E-state index contributed by atoms with van der Waals surface area (Å²) in [7, 11) is 0. The van der Waals surface area contributed by atoms with Crippen LogP contribution in [0.5, 0.6) is 17.2 Å². The molecular formula is C14H17NO5. The van der Waals surface area contributed by atoms with Crippen LogP contribution in [0.3, 0.4) is 0 Å². The molecule has 1 amide bonds. The van der Waals surface area contributed by atoms with Gasteiger partial charge in [-0.1, -0.05) is 13.0 Å². The number of ketones is 1. The van der Waals surface area contributed by atoms with E-state index in [1.807, 2.05) is 13.8 Å². The summed E-state index contributed by atoms with van der Waals surface area (Å²) in [5.41, 5.74) is 0. The summed E-state index contributed by atoms with van der Waals surface area (Å²) in [6.45, 7) is 5.06. The van der Waals surface area contributed by atoms with Crippen molar-refractivity contribution in [3.05, 3.63) is 18.2 Å². The van der Waals surface area contributed by atoms with Crippen LogP contribution in [0.1, 0.15) is 27.2 Å². The second-order valence-corrected chi connectivity index (χ2v) is 4.72. The third-order valence-electron chi connectivity index (χ3n) is 2.91. The Kier molecular flexibility index (Phi) is 3.83. The minimum atomic E-state index is -0.752. The lowest BCUT2D eigenvalue weighted by Crippen LogP contribution is -2.33. The zero-order valence-electron chi connectivity index (χ0n) is 11.7. The molecule has 1 unspecified atom stereocenters. The highest BCUT2D eigenvalue weighted by molar-refractivity contribution is 5.82. The highest BCUT2D eigenvalue weighted by Gasteiger charge is 2.37. The molecule has 1 aliphatic heterocycles. The van der Waals surface area contributed by atoms with Crippen molar-refractivity contribution in [1.29, 1.82) is 0 Å². The molecule has 1 aliphatic rings. The van der Waals surface area contributed by atoms with Gasteiger partial charge in [0.25, 0.3) is 0 Å². The quantitative estimate of drug-likeness (QED) is 0.915. The number of rotatable bonds is 4. The highest BCUT2D eigenvalue weighted by atomic mass is 16.7. The van der Waals surface area contributed by atoms with Gasteiger partial charge in [0.15, 0.2) is 11.5 Å². The molecular weight excluding hydrogens is 262 g/mol. The average molecular weight is 279 g/mol. The fraction of sp³-hybridized carbons (Fsp3) is 0.429. The Labute approximate surface area is 117 Å². The lowest BCUT2D eigenvalue weighted by atomic mass is 10.2. The SMILES string of the molecule is CCC1(C)Oc2cccc(OC(=O)NCC(C)=O)c2O1. The molecule has 1 aromatic rings. The van der Waals surface area contributed by atoms with Gasteiger partial charge in [-0.2, -0.15) is 0 Å². The van der Waals surface area contributed by atoms with Crippen molar-refractivity contribution in [2.24, 2.45) is 0 Å². The van der Waals surface area contributed by atoms with E-state index in [0.717, 1.165) is 0 Å². The summed E-state index contributed by atoms with van der Waals surface area (Å²) >= 11 is 0. The van der Waals surface area contributed by atoms with E-state index in [2.05, 4.69) is 5.32 Å². The monoisotopic (exact) mass is 279 g/mol. The Morgan fingerprint density at radius 1 is 1.35 bits per heavy atom. The van der Waals surface area contributed by atoms with Crippen LogP contribution in [0.25, 0.3) is 0 Å². The number of hydrogen-bond donors (Lipinski definition) is 1. The number of Topliss-reactive ketones (excluding diaryl/α,β-unsaturated/α-hetero) is 1. The maximum atomic E-state index is 11.6. The van der Waals surface area contributed by atoms with Gasteiger partial charge in [-0.05, 0) is 19.1 Å². The number of benzene rings is 1. The third kappa shape index (κ3) is 3.01. The fourth-order valence-electron chi connectivity index (χ4n) is 1.70. The van der Waals surface area contributed by atoms with Gasteiger partial charge in [0.2, 0.25) is 11.5 Å². The number of nitrogens with one attached hydrogen (secondary N) is 1. The standard InChI is InChI=1S/C14H17NO5/c1-4-14(3)19-11-7-5-6-10(12(11)20-14)18-13(17)15-8-9(2)16/h5-7H,4,8H2,1-3H3,(H,15,17). The van der Waals surface area contributed by atoms with E-state index < -0.39 is 11.9 Å². The van der Waals surface area contributed by atoms with Gasteiger partial charge in [-0.3, -0.25) is 4.79 Å². The van der Waals surface area contributed by atoms with E-state index >= 15 is 0 Å². The van der Waals surface area contributed by atoms with Crippen LogP contribution in [0.2, 0.25) is 0 Å². The van der Waals surface area contributed by atoms with E-state index in [1.165, 1.54) is 6.92 Å². The van der Waals surface area contributed by atoms with E-state index in [9.17, 15) is 9.59 Å². The summed E-state index contributed by atoms with van der Waals surface area (Å²) < 4.78 is 16.5. The van der Waals surface area contributed by atoms with Gasteiger partial charge in [0.1, 0.15) is 5.78 Å². The molecule has 0 aromatic heterocycles. The van der Waals surface area contributed by atoms with Crippen molar-refractivity contribution in [3.8, 4) is 17.2 Å². The molecule has 1 N–H and O–H groups in total. The largest absolute Gasteiger partial charge is 0.449 e. The van der Waals surface area contributed by atoms with Crippen LogP contribution >= 0.6 is 0 Å². The Morgan fingerprint density at radius 2 is 2.10 bits per heavy atom. The van der Waals surface area contributed by atoms with Gasteiger partial charge in [0, 0.05) is 13.3 Å². The van der Waals surface area contributed by atoms with Gasteiger partial charge in [-0.25, -0.2) is 4.79 Å². The minimum absolute atomic E-state index is 0.0715. The molecule has 0 radical (unpaired) electrons. The van der Waals surface area contributed by atoms with Crippen LogP contribution in [-0.4, -0.2) is 24.2 Å². The maximum Gasteiger partial charge on any atom is 0.413 e. The molecule has 0 fully saturated rings. The molecule has 6 heteroatoms. The van der Waals surface area contributed by atoms with Crippen molar-refractivity contribution >= 4 is 11.9 Å². The van der Waals surface area contributed by atoms with E-state index in [-0.39, 0.29) is 18.1 Å². The second kappa shape index (κ2) is 5.40. The Bertz CT molecular complexity index is 542. The molecule has 6 nitrogen and oxygen atoms in total. The number of carbonyl (C=O) groups excluding carboxylic acids is 2. The van der Waals surface area contributed by atoms with E-state index in [0.29, 0.717) is 17.9 Å². The molecule has 108 valence electrons. The Balaban J connectivity index is 2.10. The molecule has 20 heavy (non-hydrogen) atoms. The van der Waals surface area contributed by atoms with E-state index in [1.54, 1.807) is 18.2 Å². The zero-order chi connectivity index (χ0) is 14.8. The number of para-hydroxylation sites is 1. The highest BCUT2D eigenvalue weighted by Crippen LogP contribution is 2.46. The number of ether oxygens (including phenoxy) is 3. The third-order valence-corrected chi connectivity index (χ3v) is 2.91. The summed E-state index contributed by atoms with van der Waals surface area (Å²) in [5, 5.41) is 2.35. The first kappa shape index (κ1) is 14.2. The van der Waals surface area contributed by atoms with Crippen molar-refractivity contribution in [3.63, 3.8) is 0 Å². The lowest BCUT2D eigenvalue weighted by molar-refractivity contribution is -0.116. The zero-order valence-corrected chi connectivity index (χ0v) is 11.7. The normalized spacial score (nSPS) is 19.6. The molecule has 0 aliphatic carbocycles. The molecule has 0 bridgehead atoms. The Hall–Kier alpha value is -2.24. The molecule has 0 saturated heterocycles. The van der Waals surface area contributed by atoms with Crippen LogP contribution in [-0.2, 0) is 4.79 Å². The topological polar surface area (TPSA) is 73.9 Å². The molecule has 1 heterocycles. The van der Waals surface area contributed by atoms with Crippen LogP contribution < -0.4 is 19.5 Å². The summed E-state index contributed by atoms with van der Waals surface area (Å²) in [6.07, 6.45) is -0.0558. The predicted molar refractivity (Wildman–Crippen MR) is 71.1 cm³/mol. The minimum Gasteiger partial charge on any atom is -0.449 e. The van der Waals surface area contributed by atoms with Crippen molar-refractivity contribution in [1.82, 2.24) is 5.32 Å². The fourth-order valence-corrected chi connectivity index (χ4v) is 1.70. The van der Waals surface area contributed by atoms with Crippen molar-refractivity contribution in [2.45, 2.75) is 33.0 Å². The Morgan fingerprint density at radius 3 is 2.75 bits per heavy atom. The van der Waals surface area contributed by atoms with Gasteiger partial charge in [0.05, 0.1) is 6.54 Å². The second-order valence-electron chi connectivity index (χ2n) is 4.72. The molecule has 1 atom stereocenters. The number of amides is 1. The number of fused-ring (bicyclic) bond motifs is 1. The number of hydrogen-bond acceptors (Lipinski definition) is 5. The van der Waals surface area contributed by atoms with Gasteiger partial charge in [-0.15, -0.1) is 0 Å². The van der Waals surface area contributed by atoms with Crippen molar-refractivity contribution < 1.29 is 23.8 Å². The van der Waals surface area contributed by atoms with E-state index in [4.69, 9.17) is 14.2 Å². The first-order valence-corrected chi connectivity index (χ1v) is 6.39. The smallest absolute Gasteiger partial charge is 0.413 e. The van der Waals surface area contributed by atoms with Gasteiger partial charge < -0.3 is 19.5 Å². The van der Waals surface area contributed by atoms with Gasteiger partial charge >= 0.3 is 6.09 Å². The predicted octanol–water partition coefficient (Wildman–Crippen LogP) is 2.26. The molecule has 2 rings (SSSR count). The molecule has 0 spiro atoms. The lowest BCUT2D eigenvalue weighted by Gasteiger charge is -2.20. The average Bonchev–Trinajstić information content (AvgIpc) is 2.75. The molecule has 0 saturated carbocycles.